The Morgan fingerprint density at radius 2 is 2.46 bits per heavy atom. The molecule has 0 bridgehead atoms. The molecule has 0 aromatic carbocycles. The molecular weight excluding hydrogens is 164 g/mol. The Bertz CT molecular complexity index is 286. The third kappa shape index (κ3) is 1.54. The van der Waals surface area contributed by atoms with Gasteiger partial charge in [0, 0.05) is 12.7 Å². The molecule has 1 unspecified atom stereocenters. The van der Waals surface area contributed by atoms with E-state index in [4.69, 9.17) is 0 Å². The van der Waals surface area contributed by atoms with E-state index >= 15 is 0 Å². The second kappa shape index (κ2) is 3.56. The van der Waals surface area contributed by atoms with E-state index in [1.165, 1.54) is 0 Å². The van der Waals surface area contributed by atoms with Crippen LogP contribution in [0.4, 0.5) is 0 Å². The summed E-state index contributed by atoms with van der Waals surface area (Å²) in [7, 11) is 0. The SMILES string of the molecule is O=[C]N1CCCC1c1ccccn1. The van der Waals surface area contributed by atoms with E-state index in [1.807, 2.05) is 24.6 Å². The van der Waals surface area contributed by atoms with Gasteiger partial charge in [-0.3, -0.25) is 9.78 Å². The van der Waals surface area contributed by atoms with Crippen LogP contribution in [0.25, 0.3) is 0 Å². The van der Waals surface area contributed by atoms with E-state index in [9.17, 15) is 4.79 Å². The number of rotatable bonds is 2. The number of hydrogen-bond donors (Lipinski definition) is 0. The molecule has 67 valence electrons. The van der Waals surface area contributed by atoms with E-state index in [0.29, 0.717) is 0 Å². The molecule has 1 saturated heterocycles. The fourth-order valence-corrected chi connectivity index (χ4v) is 1.76. The van der Waals surface area contributed by atoms with Crippen LogP contribution in [-0.2, 0) is 4.79 Å². The number of likely N-dealkylation sites (tertiary alicyclic amines) is 1. The van der Waals surface area contributed by atoms with Crippen LogP contribution in [0.1, 0.15) is 24.6 Å². The fraction of sp³-hybridized carbons (Fsp3) is 0.400. The van der Waals surface area contributed by atoms with Crippen LogP contribution >= 0.6 is 0 Å². The molecule has 1 fully saturated rings. The van der Waals surface area contributed by atoms with Crippen LogP contribution in [0.3, 0.4) is 0 Å². The van der Waals surface area contributed by atoms with Gasteiger partial charge in [-0.2, -0.15) is 0 Å². The Morgan fingerprint density at radius 3 is 3.15 bits per heavy atom. The van der Waals surface area contributed by atoms with E-state index in [1.54, 1.807) is 11.1 Å². The highest BCUT2D eigenvalue weighted by Gasteiger charge is 2.25. The number of nitrogens with zero attached hydrogens (tertiary/aromatic N) is 2. The molecule has 3 nitrogen and oxygen atoms in total. The second-order valence-electron chi connectivity index (χ2n) is 3.20. The van der Waals surface area contributed by atoms with Gasteiger partial charge in [-0.25, -0.2) is 0 Å². The number of pyridine rings is 1. The average Bonchev–Trinajstić information content (AvgIpc) is 2.67. The van der Waals surface area contributed by atoms with Gasteiger partial charge in [0.25, 0.3) is 0 Å². The zero-order valence-corrected chi connectivity index (χ0v) is 7.31. The molecule has 0 aliphatic carbocycles. The third-order valence-electron chi connectivity index (χ3n) is 2.40. The standard InChI is InChI=1S/C10H11N2O/c13-8-12-7-3-5-10(12)9-4-1-2-6-11-9/h1-2,4,6,10H,3,5,7H2. The summed E-state index contributed by atoms with van der Waals surface area (Å²) in [5.74, 6) is 0. The van der Waals surface area contributed by atoms with Crippen LogP contribution in [0, 0.1) is 0 Å². The quantitative estimate of drug-likeness (QED) is 0.678. The Kier molecular flexibility index (Phi) is 2.25. The lowest BCUT2D eigenvalue weighted by Crippen LogP contribution is -2.21. The van der Waals surface area contributed by atoms with Gasteiger partial charge >= 0.3 is 6.41 Å². The molecule has 0 spiro atoms. The zero-order valence-electron chi connectivity index (χ0n) is 7.31. The van der Waals surface area contributed by atoms with Crippen LogP contribution < -0.4 is 0 Å². The normalized spacial score (nSPS) is 21.8. The van der Waals surface area contributed by atoms with E-state index in [2.05, 4.69) is 4.98 Å². The summed E-state index contributed by atoms with van der Waals surface area (Å²) in [6, 6.07) is 5.94. The highest BCUT2D eigenvalue weighted by atomic mass is 16.1. The molecule has 2 rings (SSSR count). The maximum absolute atomic E-state index is 10.6. The summed E-state index contributed by atoms with van der Waals surface area (Å²) in [6.07, 6.45) is 5.77. The van der Waals surface area contributed by atoms with Crippen LogP contribution in [0.15, 0.2) is 24.4 Å². The maximum Gasteiger partial charge on any atom is 0.312 e. The summed E-state index contributed by atoms with van der Waals surface area (Å²) in [5.41, 5.74) is 0.975. The van der Waals surface area contributed by atoms with Crippen LogP contribution in [0.5, 0.6) is 0 Å². The van der Waals surface area contributed by atoms with Crippen molar-refractivity contribution in [3.8, 4) is 0 Å². The van der Waals surface area contributed by atoms with Crippen molar-refractivity contribution in [2.75, 3.05) is 6.54 Å². The lowest BCUT2D eigenvalue weighted by Gasteiger charge is -2.17. The van der Waals surface area contributed by atoms with Gasteiger partial charge in [-0.15, -0.1) is 0 Å². The van der Waals surface area contributed by atoms with Crippen molar-refractivity contribution in [3.05, 3.63) is 30.1 Å². The number of aromatic nitrogens is 1. The first-order valence-corrected chi connectivity index (χ1v) is 4.47. The second-order valence-corrected chi connectivity index (χ2v) is 3.20. The van der Waals surface area contributed by atoms with E-state index in [0.717, 1.165) is 25.1 Å². The van der Waals surface area contributed by atoms with Gasteiger partial charge in [0.15, 0.2) is 0 Å². The lowest BCUT2D eigenvalue weighted by molar-refractivity contribution is 0.359. The van der Waals surface area contributed by atoms with Crippen molar-refractivity contribution < 1.29 is 4.79 Å². The highest BCUT2D eigenvalue weighted by molar-refractivity contribution is 5.50. The van der Waals surface area contributed by atoms with Crippen molar-refractivity contribution in [2.24, 2.45) is 0 Å². The van der Waals surface area contributed by atoms with Gasteiger partial charge in [0.2, 0.25) is 0 Å². The zero-order chi connectivity index (χ0) is 9.10. The minimum atomic E-state index is 0.152. The predicted octanol–water partition coefficient (Wildman–Crippen LogP) is 1.29. The smallest absolute Gasteiger partial charge is 0.312 e. The summed E-state index contributed by atoms with van der Waals surface area (Å²) >= 11 is 0. The van der Waals surface area contributed by atoms with Crippen LogP contribution in [-0.4, -0.2) is 22.8 Å². The minimum Gasteiger partial charge on any atom is -0.326 e. The first-order chi connectivity index (χ1) is 6.42. The number of amides is 1. The number of carbonyl (C=O) groups excluding carboxylic acids is 1. The fourth-order valence-electron chi connectivity index (χ4n) is 1.76. The van der Waals surface area contributed by atoms with Gasteiger partial charge < -0.3 is 4.90 Å². The molecule has 2 heterocycles. The Hall–Kier alpha value is -1.38. The molecule has 3 heteroatoms. The molecular formula is C10H11N2O. The maximum atomic E-state index is 10.6. The first-order valence-electron chi connectivity index (χ1n) is 4.47. The topological polar surface area (TPSA) is 33.2 Å². The monoisotopic (exact) mass is 175 g/mol. The summed E-state index contributed by atoms with van der Waals surface area (Å²) < 4.78 is 0. The van der Waals surface area contributed by atoms with Gasteiger partial charge in [-0.1, -0.05) is 6.07 Å². The van der Waals surface area contributed by atoms with Crippen LogP contribution in [0.2, 0.25) is 0 Å². The summed E-state index contributed by atoms with van der Waals surface area (Å²) in [4.78, 5) is 16.5. The molecule has 1 aliphatic heterocycles. The Balaban J connectivity index is 2.21. The largest absolute Gasteiger partial charge is 0.326 e. The van der Waals surface area contributed by atoms with E-state index < -0.39 is 0 Å². The molecule has 1 aliphatic rings. The van der Waals surface area contributed by atoms with Crippen molar-refractivity contribution in [1.29, 1.82) is 0 Å². The molecule has 0 saturated carbocycles. The van der Waals surface area contributed by atoms with Crippen molar-refractivity contribution in [2.45, 2.75) is 18.9 Å². The molecule has 1 aromatic heterocycles. The van der Waals surface area contributed by atoms with Crippen molar-refractivity contribution in [3.63, 3.8) is 0 Å². The molecule has 1 aromatic rings. The van der Waals surface area contributed by atoms with Crippen molar-refractivity contribution in [1.82, 2.24) is 9.88 Å². The summed E-state index contributed by atoms with van der Waals surface area (Å²) in [6.45, 7) is 0.810. The summed E-state index contributed by atoms with van der Waals surface area (Å²) in [5, 5.41) is 0. The van der Waals surface area contributed by atoms with Crippen molar-refractivity contribution >= 4 is 6.41 Å². The Morgan fingerprint density at radius 1 is 1.54 bits per heavy atom. The molecule has 13 heavy (non-hydrogen) atoms. The molecule has 1 radical (unpaired) electrons. The van der Waals surface area contributed by atoms with Gasteiger partial charge in [-0.05, 0) is 25.0 Å². The molecule has 1 atom stereocenters. The Labute approximate surface area is 77.4 Å². The van der Waals surface area contributed by atoms with Gasteiger partial charge in [0.05, 0.1) is 11.7 Å². The average molecular weight is 175 g/mol. The molecule has 1 amide bonds. The lowest BCUT2D eigenvalue weighted by atomic mass is 10.1. The predicted molar refractivity (Wildman–Crippen MR) is 48.6 cm³/mol. The first kappa shape index (κ1) is 8.23. The van der Waals surface area contributed by atoms with Gasteiger partial charge in [0.1, 0.15) is 0 Å². The third-order valence-corrected chi connectivity index (χ3v) is 2.40. The highest BCUT2D eigenvalue weighted by Crippen LogP contribution is 2.28. The molecule has 0 N–H and O–H groups in total. The van der Waals surface area contributed by atoms with E-state index in [-0.39, 0.29) is 6.04 Å². The minimum absolute atomic E-state index is 0.152. The number of hydrogen-bond acceptors (Lipinski definition) is 2.